The van der Waals surface area contributed by atoms with Gasteiger partial charge in [0.2, 0.25) is 5.91 Å². The molecule has 1 saturated heterocycles. The van der Waals surface area contributed by atoms with Crippen molar-refractivity contribution in [2.45, 2.75) is 33.2 Å². The number of anilines is 1. The van der Waals surface area contributed by atoms with Gasteiger partial charge in [-0.15, -0.1) is 0 Å². The van der Waals surface area contributed by atoms with Crippen molar-refractivity contribution in [3.8, 4) is 0 Å². The van der Waals surface area contributed by atoms with Gasteiger partial charge < -0.3 is 10.0 Å². The van der Waals surface area contributed by atoms with E-state index in [1.807, 2.05) is 32.9 Å². The van der Waals surface area contributed by atoms with Crippen LogP contribution in [0.3, 0.4) is 0 Å². The summed E-state index contributed by atoms with van der Waals surface area (Å²) in [5, 5.41) is 9.89. The molecule has 0 aliphatic carbocycles. The minimum Gasteiger partial charge on any atom is -0.396 e. The van der Waals surface area contributed by atoms with Crippen molar-refractivity contribution in [1.29, 1.82) is 0 Å². The van der Waals surface area contributed by atoms with Crippen LogP contribution in [-0.2, 0) is 4.79 Å². The number of amides is 1. The first-order valence-corrected chi connectivity index (χ1v) is 6.53. The first-order valence-electron chi connectivity index (χ1n) is 6.15. The second-order valence-corrected chi connectivity index (χ2v) is 5.47. The van der Waals surface area contributed by atoms with Gasteiger partial charge >= 0.3 is 0 Å². The molecule has 4 heteroatoms. The fraction of sp³-hybridized carbons (Fsp3) is 0.500. The molecule has 3 nitrogen and oxygen atoms in total. The molecule has 1 amide bonds. The maximum atomic E-state index is 12.1. The molecule has 1 N–H and O–H groups in total. The normalized spacial score (nSPS) is 23.8. The Morgan fingerprint density at radius 3 is 2.61 bits per heavy atom. The van der Waals surface area contributed by atoms with Gasteiger partial charge in [-0.05, 0) is 38.0 Å². The van der Waals surface area contributed by atoms with Gasteiger partial charge in [0, 0.05) is 25.0 Å². The Morgan fingerprint density at radius 2 is 2.11 bits per heavy atom. The van der Waals surface area contributed by atoms with Crippen LogP contribution in [0.25, 0.3) is 0 Å². The Bertz CT molecular complexity index is 464. The van der Waals surface area contributed by atoms with Crippen LogP contribution in [0.5, 0.6) is 0 Å². The van der Waals surface area contributed by atoms with E-state index in [1.54, 1.807) is 4.90 Å². The molecule has 98 valence electrons. The van der Waals surface area contributed by atoms with Crippen molar-refractivity contribution in [3.05, 3.63) is 28.3 Å². The third kappa shape index (κ3) is 2.13. The molecular formula is C14H18ClNO2. The Labute approximate surface area is 112 Å². The molecule has 1 heterocycles. The zero-order valence-corrected chi connectivity index (χ0v) is 11.7. The van der Waals surface area contributed by atoms with E-state index >= 15 is 0 Å². The van der Waals surface area contributed by atoms with Crippen LogP contribution < -0.4 is 4.90 Å². The minimum atomic E-state index is -0.0126. The zero-order chi connectivity index (χ0) is 13.4. The number of hydrogen-bond donors (Lipinski definition) is 1. The molecule has 1 aromatic carbocycles. The Morgan fingerprint density at radius 1 is 1.44 bits per heavy atom. The Hall–Kier alpha value is -1.06. The van der Waals surface area contributed by atoms with Crippen LogP contribution in [0.15, 0.2) is 12.1 Å². The van der Waals surface area contributed by atoms with E-state index < -0.39 is 0 Å². The van der Waals surface area contributed by atoms with Gasteiger partial charge in [0.1, 0.15) is 0 Å². The van der Waals surface area contributed by atoms with Gasteiger partial charge in [0.05, 0.1) is 10.7 Å². The van der Waals surface area contributed by atoms with Gasteiger partial charge in [-0.3, -0.25) is 4.79 Å². The first kappa shape index (κ1) is 13.4. The highest BCUT2D eigenvalue weighted by molar-refractivity contribution is 6.34. The molecule has 0 saturated carbocycles. The van der Waals surface area contributed by atoms with E-state index in [4.69, 9.17) is 11.6 Å². The van der Waals surface area contributed by atoms with E-state index in [0.717, 1.165) is 16.8 Å². The molecule has 1 aliphatic heterocycles. The third-order valence-corrected chi connectivity index (χ3v) is 3.96. The van der Waals surface area contributed by atoms with E-state index in [-0.39, 0.29) is 24.5 Å². The monoisotopic (exact) mass is 267 g/mol. The smallest absolute Gasteiger partial charge is 0.227 e. The number of aliphatic hydroxyl groups is 1. The summed E-state index contributed by atoms with van der Waals surface area (Å²) in [4.78, 5) is 13.8. The van der Waals surface area contributed by atoms with Crippen molar-refractivity contribution < 1.29 is 9.90 Å². The first-order chi connectivity index (χ1) is 8.45. The standard InChI is InChI=1S/C14H18ClNO2/c1-8-4-9(2)14(12(15)5-8)16-10(3)11(7-17)6-13(16)18/h4-5,10-11,17H,6-7H2,1-3H3. The molecule has 1 aliphatic rings. The predicted molar refractivity (Wildman–Crippen MR) is 73.1 cm³/mol. The Balaban J connectivity index is 2.46. The highest BCUT2D eigenvalue weighted by atomic mass is 35.5. The molecular weight excluding hydrogens is 250 g/mol. The number of halogens is 1. The molecule has 0 spiro atoms. The lowest BCUT2D eigenvalue weighted by atomic mass is 10.0. The average molecular weight is 268 g/mol. The van der Waals surface area contributed by atoms with Crippen LogP contribution in [0.2, 0.25) is 5.02 Å². The van der Waals surface area contributed by atoms with Crippen molar-refractivity contribution >= 4 is 23.2 Å². The summed E-state index contributed by atoms with van der Waals surface area (Å²) in [7, 11) is 0. The van der Waals surface area contributed by atoms with Crippen LogP contribution in [0, 0.1) is 19.8 Å². The van der Waals surface area contributed by atoms with Crippen LogP contribution >= 0.6 is 11.6 Å². The molecule has 2 unspecified atom stereocenters. The second kappa shape index (κ2) is 4.90. The fourth-order valence-corrected chi connectivity index (χ4v) is 3.10. The SMILES string of the molecule is Cc1cc(C)c(N2C(=O)CC(CO)C2C)c(Cl)c1. The third-order valence-electron chi connectivity index (χ3n) is 3.67. The van der Waals surface area contributed by atoms with Gasteiger partial charge in [0.25, 0.3) is 0 Å². The highest BCUT2D eigenvalue weighted by Crippen LogP contribution is 2.37. The largest absolute Gasteiger partial charge is 0.396 e. The molecule has 1 aromatic rings. The van der Waals surface area contributed by atoms with Gasteiger partial charge in [-0.2, -0.15) is 0 Å². The minimum absolute atomic E-state index is 0.00531. The number of carbonyl (C=O) groups excluding carboxylic acids is 1. The maximum absolute atomic E-state index is 12.1. The summed E-state index contributed by atoms with van der Waals surface area (Å²) in [6.07, 6.45) is 0.390. The van der Waals surface area contributed by atoms with Gasteiger partial charge in [0.15, 0.2) is 0 Å². The van der Waals surface area contributed by atoms with Crippen molar-refractivity contribution in [2.75, 3.05) is 11.5 Å². The molecule has 0 bridgehead atoms. The molecule has 1 fully saturated rings. The van der Waals surface area contributed by atoms with Gasteiger partial charge in [-0.1, -0.05) is 17.7 Å². The summed E-state index contributed by atoms with van der Waals surface area (Å²) in [6.45, 7) is 5.93. The molecule has 18 heavy (non-hydrogen) atoms. The van der Waals surface area contributed by atoms with E-state index in [1.165, 1.54) is 0 Å². The number of aliphatic hydroxyl groups excluding tert-OH is 1. The predicted octanol–water partition coefficient (Wildman–Crippen LogP) is 2.69. The molecule has 0 aromatic heterocycles. The highest BCUT2D eigenvalue weighted by Gasteiger charge is 2.38. The van der Waals surface area contributed by atoms with Crippen molar-refractivity contribution in [2.24, 2.45) is 5.92 Å². The maximum Gasteiger partial charge on any atom is 0.227 e. The lowest BCUT2D eigenvalue weighted by molar-refractivity contribution is -0.117. The molecule has 2 rings (SSSR count). The summed E-state index contributed by atoms with van der Waals surface area (Å²) < 4.78 is 0. The van der Waals surface area contributed by atoms with Crippen LogP contribution in [0.4, 0.5) is 5.69 Å². The number of rotatable bonds is 2. The van der Waals surface area contributed by atoms with Crippen molar-refractivity contribution in [1.82, 2.24) is 0 Å². The van der Waals surface area contributed by atoms with Crippen LogP contribution in [-0.4, -0.2) is 23.7 Å². The zero-order valence-electron chi connectivity index (χ0n) is 10.9. The van der Waals surface area contributed by atoms with Crippen LogP contribution in [0.1, 0.15) is 24.5 Å². The molecule has 2 atom stereocenters. The number of carbonyl (C=O) groups is 1. The summed E-state index contributed by atoms with van der Waals surface area (Å²) in [6, 6.07) is 3.88. The van der Waals surface area contributed by atoms with E-state index in [9.17, 15) is 9.90 Å². The average Bonchev–Trinajstić information content (AvgIpc) is 2.55. The molecule has 0 radical (unpaired) electrons. The summed E-state index contributed by atoms with van der Waals surface area (Å²) >= 11 is 6.28. The number of benzene rings is 1. The number of nitrogens with zero attached hydrogens (tertiary/aromatic N) is 1. The Kier molecular flexibility index (Phi) is 3.64. The number of aryl methyl sites for hydroxylation is 2. The number of hydrogen-bond acceptors (Lipinski definition) is 2. The fourth-order valence-electron chi connectivity index (χ4n) is 2.69. The lowest BCUT2D eigenvalue weighted by Crippen LogP contribution is -2.34. The second-order valence-electron chi connectivity index (χ2n) is 5.06. The van der Waals surface area contributed by atoms with Crippen molar-refractivity contribution in [3.63, 3.8) is 0 Å². The summed E-state index contributed by atoms with van der Waals surface area (Å²) in [5.74, 6) is 0.0321. The lowest BCUT2D eigenvalue weighted by Gasteiger charge is -2.27. The topological polar surface area (TPSA) is 40.5 Å². The van der Waals surface area contributed by atoms with E-state index in [2.05, 4.69) is 0 Å². The van der Waals surface area contributed by atoms with E-state index in [0.29, 0.717) is 11.4 Å². The van der Waals surface area contributed by atoms with Gasteiger partial charge in [-0.25, -0.2) is 0 Å². The quantitative estimate of drug-likeness (QED) is 0.895. The summed E-state index contributed by atoms with van der Waals surface area (Å²) in [5.41, 5.74) is 2.87.